The summed E-state index contributed by atoms with van der Waals surface area (Å²) in [5, 5.41) is 3.28. The van der Waals surface area contributed by atoms with Crippen molar-refractivity contribution in [3.8, 4) is 0 Å². The number of halogens is 1. The Morgan fingerprint density at radius 1 is 1.47 bits per heavy atom. The molecule has 0 aromatic carbocycles. The second-order valence-corrected chi connectivity index (χ2v) is 4.43. The van der Waals surface area contributed by atoms with Crippen molar-refractivity contribution >= 4 is 18.5 Å². The van der Waals surface area contributed by atoms with E-state index in [0.717, 1.165) is 11.5 Å². The molecule has 92 valence electrons. The smallest absolute Gasteiger partial charge is 0.132 e. The molecule has 4 heteroatoms. The van der Waals surface area contributed by atoms with Crippen LogP contribution in [0.1, 0.15) is 31.1 Å². The summed E-state index contributed by atoms with van der Waals surface area (Å²) in [6, 6.07) is 1.68. The van der Waals surface area contributed by atoms with Crippen molar-refractivity contribution in [3.63, 3.8) is 0 Å². The van der Waals surface area contributed by atoms with E-state index in [1.54, 1.807) is 24.7 Å². The summed E-state index contributed by atoms with van der Waals surface area (Å²) in [6.07, 6.45) is 6.97. The van der Waals surface area contributed by atoms with Gasteiger partial charge in [-0.05, 0) is 32.2 Å². The molecule has 0 spiro atoms. The molecule has 1 N–H and O–H groups in total. The molecular formula is C13H16FNOS. The Labute approximate surface area is 106 Å². The van der Waals surface area contributed by atoms with E-state index in [4.69, 9.17) is 4.42 Å². The van der Waals surface area contributed by atoms with Crippen molar-refractivity contribution in [2.75, 3.05) is 6.26 Å². The average molecular weight is 253 g/mol. The van der Waals surface area contributed by atoms with Crippen molar-refractivity contribution in [2.45, 2.75) is 25.3 Å². The molecule has 0 fully saturated rings. The van der Waals surface area contributed by atoms with E-state index in [0.29, 0.717) is 5.56 Å². The van der Waals surface area contributed by atoms with Gasteiger partial charge in [0.25, 0.3) is 0 Å². The molecule has 0 bridgehead atoms. The number of fused-ring (bicyclic) bond motifs is 3. The van der Waals surface area contributed by atoms with Crippen molar-refractivity contribution in [2.24, 2.45) is 0 Å². The molecule has 2 unspecified atom stereocenters. The molecule has 2 heterocycles. The maximum Gasteiger partial charge on any atom is 0.132 e. The second kappa shape index (κ2) is 4.26. The van der Waals surface area contributed by atoms with Crippen molar-refractivity contribution < 1.29 is 8.81 Å². The second-order valence-electron chi connectivity index (χ2n) is 4.43. The average Bonchev–Trinajstić information content (AvgIpc) is 2.84. The standard InChI is InChI=1S/C12H12FNO.CH4S/c1-7-5-9-11-8(3-4-15-11)10(13)6-12(9,2)14-7;1-2/h3-6,9,14H,1-2H3;2H,1H3. The lowest BCUT2D eigenvalue weighted by Gasteiger charge is -2.31. The normalized spacial score (nSPS) is 29.1. The third-order valence-corrected chi connectivity index (χ3v) is 3.19. The first kappa shape index (κ1) is 12.3. The number of nitrogens with one attached hydrogen (secondary N) is 1. The molecule has 0 saturated carbocycles. The van der Waals surface area contributed by atoms with Crippen LogP contribution in [0.4, 0.5) is 4.39 Å². The van der Waals surface area contributed by atoms with Crippen LogP contribution in [0, 0.1) is 0 Å². The van der Waals surface area contributed by atoms with E-state index in [1.165, 1.54) is 0 Å². The maximum absolute atomic E-state index is 13.8. The van der Waals surface area contributed by atoms with Crippen LogP contribution in [-0.4, -0.2) is 11.8 Å². The molecule has 1 aromatic heterocycles. The highest BCUT2D eigenvalue weighted by molar-refractivity contribution is 7.79. The minimum absolute atomic E-state index is 0.0991. The Balaban J connectivity index is 0.000000514. The zero-order valence-electron chi connectivity index (χ0n) is 10.1. The zero-order chi connectivity index (χ0) is 12.6. The van der Waals surface area contributed by atoms with Gasteiger partial charge in [-0.2, -0.15) is 12.6 Å². The van der Waals surface area contributed by atoms with Crippen molar-refractivity contribution in [3.05, 3.63) is 41.5 Å². The summed E-state index contributed by atoms with van der Waals surface area (Å²) in [4.78, 5) is 0. The monoisotopic (exact) mass is 253 g/mol. The van der Waals surface area contributed by atoms with E-state index in [-0.39, 0.29) is 17.3 Å². The van der Waals surface area contributed by atoms with Gasteiger partial charge in [0.15, 0.2) is 0 Å². The highest BCUT2D eigenvalue weighted by Crippen LogP contribution is 2.45. The number of thiol groups is 1. The van der Waals surface area contributed by atoms with Crippen LogP contribution in [0.3, 0.4) is 0 Å². The predicted octanol–water partition coefficient (Wildman–Crippen LogP) is 3.50. The molecule has 1 aliphatic heterocycles. The van der Waals surface area contributed by atoms with Crippen LogP contribution in [0.25, 0.3) is 5.83 Å². The quantitative estimate of drug-likeness (QED) is 0.692. The molecule has 1 aromatic rings. The Morgan fingerprint density at radius 3 is 2.88 bits per heavy atom. The number of hydrogen-bond acceptors (Lipinski definition) is 3. The molecule has 2 atom stereocenters. The van der Waals surface area contributed by atoms with Crippen LogP contribution in [0.5, 0.6) is 0 Å². The van der Waals surface area contributed by atoms with Gasteiger partial charge in [0, 0.05) is 5.70 Å². The SMILES string of the molecule is CC1=CC2c3occc3C(F)=CC2(C)N1.CS. The first-order chi connectivity index (χ1) is 8.10. The third-order valence-electron chi connectivity index (χ3n) is 3.19. The van der Waals surface area contributed by atoms with Crippen LogP contribution in [-0.2, 0) is 0 Å². The van der Waals surface area contributed by atoms with Gasteiger partial charge in [0.1, 0.15) is 11.6 Å². The van der Waals surface area contributed by atoms with Gasteiger partial charge in [0.05, 0.1) is 23.3 Å². The molecule has 2 aliphatic rings. The van der Waals surface area contributed by atoms with E-state index >= 15 is 0 Å². The van der Waals surface area contributed by atoms with Gasteiger partial charge in [-0.3, -0.25) is 0 Å². The fraction of sp³-hybridized carbons (Fsp3) is 0.385. The fourth-order valence-electron chi connectivity index (χ4n) is 2.54. The van der Waals surface area contributed by atoms with Gasteiger partial charge in [0.2, 0.25) is 0 Å². The van der Waals surface area contributed by atoms with Crippen molar-refractivity contribution in [1.29, 1.82) is 0 Å². The minimum atomic E-state index is -0.376. The molecule has 1 aliphatic carbocycles. The highest BCUT2D eigenvalue weighted by Gasteiger charge is 2.43. The molecule has 3 rings (SSSR count). The fourth-order valence-corrected chi connectivity index (χ4v) is 2.54. The van der Waals surface area contributed by atoms with Crippen LogP contribution in [0.15, 0.2) is 34.6 Å². The summed E-state index contributed by atoms with van der Waals surface area (Å²) in [7, 11) is 0. The number of furan rings is 1. The Bertz CT molecular complexity index is 491. The lowest BCUT2D eigenvalue weighted by atomic mass is 9.80. The summed E-state index contributed by atoms with van der Waals surface area (Å²) >= 11 is 3.53. The molecular weight excluding hydrogens is 237 g/mol. The summed E-state index contributed by atoms with van der Waals surface area (Å²) < 4.78 is 19.1. The largest absolute Gasteiger partial charge is 0.468 e. The van der Waals surface area contributed by atoms with Crippen LogP contribution >= 0.6 is 12.6 Å². The number of rotatable bonds is 0. The molecule has 0 amide bonds. The Morgan fingerprint density at radius 2 is 2.18 bits per heavy atom. The van der Waals surface area contributed by atoms with Crippen molar-refractivity contribution in [1.82, 2.24) is 5.32 Å². The van der Waals surface area contributed by atoms with Gasteiger partial charge < -0.3 is 9.73 Å². The van der Waals surface area contributed by atoms with Crippen LogP contribution in [0.2, 0.25) is 0 Å². The van der Waals surface area contributed by atoms with E-state index in [9.17, 15) is 4.39 Å². The van der Waals surface area contributed by atoms with E-state index in [1.807, 2.05) is 13.8 Å². The Kier molecular flexibility index (Phi) is 3.08. The van der Waals surface area contributed by atoms with Gasteiger partial charge in [-0.15, -0.1) is 0 Å². The van der Waals surface area contributed by atoms with Crippen LogP contribution < -0.4 is 5.32 Å². The lowest BCUT2D eigenvalue weighted by molar-refractivity contribution is 0.392. The Hall–Kier alpha value is -1.16. The maximum atomic E-state index is 13.8. The summed E-state index contributed by atoms with van der Waals surface area (Å²) in [5.74, 6) is 0.622. The summed E-state index contributed by atoms with van der Waals surface area (Å²) in [5.41, 5.74) is 1.28. The third kappa shape index (κ3) is 1.80. The first-order valence-electron chi connectivity index (χ1n) is 5.47. The van der Waals surface area contributed by atoms with Gasteiger partial charge >= 0.3 is 0 Å². The molecule has 0 saturated heterocycles. The highest BCUT2D eigenvalue weighted by atomic mass is 32.1. The van der Waals surface area contributed by atoms with Gasteiger partial charge in [-0.1, -0.05) is 6.08 Å². The number of hydrogen-bond donors (Lipinski definition) is 2. The van der Waals surface area contributed by atoms with Gasteiger partial charge in [-0.25, -0.2) is 4.39 Å². The lowest BCUT2D eigenvalue weighted by Crippen LogP contribution is -2.41. The first-order valence-corrected chi connectivity index (χ1v) is 6.37. The number of allylic oxidation sites excluding steroid dienone is 1. The van der Waals surface area contributed by atoms with E-state index in [2.05, 4.69) is 24.0 Å². The van der Waals surface area contributed by atoms with E-state index < -0.39 is 0 Å². The zero-order valence-corrected chi connectivity index (χ0v) is 11.0. The topological polar surface area (TPSA) is 25.2 Å². The predicted molar refractivity (Wildman–Crippen MR) is 70.7 cm³/mol. The molecule has 17 heavy (non-hydrogen) atoms. The minimum Gasteiger partial charge on any atom is -0.468 e. The molecule has 2 nitrogen and oxygen atoms in total. The summed E-state index contributed by atoms with van der Waals surface area (Å²) in [6.45, 7) is 3.97. The molecule has 0 radical (unpaired) electrons.